The van der Waals surface area contributed by atoms with E-state index in [9.17, 15) is 9.59 Å². The summed E-state index contributed by atoms with van der Waals surface area (Å²) in [6, 6.07) is 13.2. The molecule has 1 unspecified atom stereocenters. The molecule has 0 fully saturated rings. The highest BCUT2D eigenvalue weighted by Crippen LogP contribution is 2.32. The smallest absolute Gasteiger partial charge is 0.242 e. The first kappa shape index (κ1) is 21.7. The van der Waals surface area contributed by atoms with E-state index in [2.05, 4.69) is 5.32 Å². The number of aryl methyl sites for hydroxylation is 2. The van der Waals surface area contributed by atoms with Gasteiger partial charge in [0, 0.05) is 19.5 Å². The second kappa shape index (κ2) is 10.1. The minimum Gasteiger partial charge on any atom is -0.454 e. The minimum absolute atomic E-state index is 0.0333. The van der Waals surface area contributed by atoms with Crippen LogP contribution in [0.1, 0.15) is 43.4 Å². The third-order valence-electron chi connectivity index (χ3n) is 5.40. The van der Waals surface area contributed by atoms with Gasteiger partial charge in [-0.15, -0.1) is 0 Å². The van der Waals surface area contributed by atoms with Gasteiger partial charge in [0.25, 0.3) is 0 Å². The van der Waals surface area contributed by atoms with Crippen molar-refractivity contribution in [3.8, 4) is 11.5 Å². The molecular formula is C24H30N2O4. The van der Waals surface area contributed by atoms with Gasteiger partial charge in [0.1, 0.15) is 6.04 Å². The van der Waals surface area contributed by atoms with Crippen LogP contribution in [0.5, 0.6) is 11.5 Å². The van der Waals surface area contributed by atoms with Gasteiger partial charge < -0.3 is 19.7 Å². The Morgan fingerprint density at radius 3 is 2.60 bits per heavy atom. The van der Waals surface area contributed by atoms with Crippen LogP contribution < -0.4 is 14.8 Å². The van der Waals surface area contributed by atoms with E-state index in [0.29, 0.717) is 38.1 Å². The summed E-state index contributed by atoms with van der Waals surface area (Å²) in [6.45, 7) is 7.04. The number of amides is 2. The topological polar surface area (TPSA) is 67.9 Å². The van der Waals surface area contributed by atoms with Crippen LogP contribution in [0.3, 0.4) is 0 Å². The standard InChI is InChI=1S/C24H30N2O4/c1-4-20(24(28)25-5-2)26(15-19-9-7-6-8-17(19)3)23(27)13-11-18-10-12-21-22(14-18)30-16-29-21/h6-10,12,14,20H,4-5,11,13,15-16H2,1-3H3,(H,25,28). The van der Waals surface area contributed by atoms with Crippen molar-refractivity contribution in [2.24, 2.45) is 0 Å². The third kappa shape index (κ3) is 5.12. The molecule has 0 saturated heterocycles. The fraction of sp³-hybridized carbons (Fsp3) is 0.417. The molecule has 1 aliphatic heterocycles. The Bertz CT molecular complexity index is 897. The molecule has 0 spiro atoms. The lowest BCUT2D eigenvalue weighted by Gasteiger charge is -2.31. The van der Waals surface area contributed by atoms with E-state index in [1.807, 2.05) is 63.2 Å². The SMILES string of the molecule is CCNC(=O)C(CC)N(Cc1ccccc1C)C(=O)CCc1ccc2c(c1)OCO2. The Kier molecular flexibility index (Phi) is 7.33. The second-order valence-electron chi connectivity index (χ2n) is 7.45. The lowest BCUT2D eigenvalue weighted by molar-refractivity contribution is -0.141. The molecule has 0 aromatic heterocycles. The summed E-state index contributed by atoms with van der Waals surface area (Å²) in [5.41, 5.74) is 3.17. The zero-order valence-corrected chi connectivity index (χ0v) is 17.9. The Morgan fingerprint density at radius 2 is 1.87 bits per heavy atom. The van der Waals surface area contributed by atoms with Crippen molar-refractivity contribution in [1.82, 2.24) is 10.2 Å². The van der Waals surface area contributed by atoms with E-state index in [1.165, 1.54) is 0 Å². The van der Waals surface area contributed by atoms with Crippen molar-refractivity contribution in [3.05, 3.63) is 59.2 Å². The molecule has 1 atom stereocenters. The Morgan fingerprint density at radius 1 is 1.10 bits per heavy atom. The summed E-state index contributed by atoms with van der Waals surface area (Å²) in [7, 11) is 0. The summed E-state index contributed by atoms with van der Waals surface area (Å²) in [4.78, 5) is 27.6. The van der Waals surface area contributed by atoms with Crippen LogP contribution in [0.25, 0.3) is 0 Å². The number of ether oxygens (including phenoxy) is 2. The molecule has 0 aliphatic carbocycles. The van der Waals surface area contributed by atoms with Crippen molar-refractivity contribution in [1.29, 1.82) is 0 Å². The number of carbonyl (C=O) groups is 2. The molecule has 160 valence electrons. The first-order valence-corrected chi connectivity index (χ1v) is 10.5. The fourth-order valence-electron chi connectivity index (χ4n) is 3.67. The number of carbonyl (C=O) groups excluding carboxylic acids is 2. The number of fused-ring (bicyclic) bond motifs is 1. The monoisotopic (exact) mass is 410 g/mol. The number of likely N-dealkylation sites (N-methyl/N-ethyl adjacent to an activating group) is 1. The van der Waals surface area contributed by atoms with Crippen LogP contribution >= 0.6 is 0 Å². The first-order valence-electron chi connectivity index (χ1n) is 10.5. The van der Waals surface area contributed by atoms with Gasteiger partial charge in [-0.1, -0.05) is 37.3 Å². The number of benzene rings is 2. The fourth-order valence-corrected chi connectivity index (χ4v) is 3.67. The third-order valence-corrected chi connectivity index (χ3v) is 5.40. The highest BCUT2D eigenvalue weighted by atomic mass is 16.7. The van der Waals surface area contributed by atoms with Gasteiger partial charge in [-0.3, -0.25) is 9.59 Å². The van der Waals surface area contributed by atoms with E-state index in [-0.39, 0.29) is 18.6 Å². The largest absolute Gasteiger partial charge is 0.454 e. The maximum absolute atomic E-state index is 13.3. The van der Waals surface area contributed by atoms with Gasteiger partial charge in [0.05, 0.1) is 0 Å². The van der Waals surface area contributed by atoms with E-state index >= 15 is 0 Å². The van der Waals surface area contributed by atoms with Gasteiger partial charge in [-0.25, -0.2) is 0 Å². The van der Waals surface area contributed by atoms with Crippen LogP contribution in [0.2, 0.25) is 0 Å². The predicted octanol–water partition coefficient (Wildman–Crippen LogP) is 3.60. The molecule has 0 bridgehead atoms. The summed E-state index contributed by atoms with van der Waals surface area (Å²) >= 11 is 0. The summed E-state index contributed by atoms with van der Waals surface area (Å²) < 4.78 is 10.8. The van der Waals surface area contributed by atoms with Crippen molar-refractivity contribution in [3.63, 3.8) is 0 Å². The van der Waals surface area contributed by atoms with Crippen LogP contribution in [-0.4, -0.2) is 36.1 Å². The van der Waals surface area contributed by atoms with Gasteiger partial charge in [0.2, 0.25) is 18.6 Å². The summed E-state index contributed by atoms with van der Waals surface area (Å²) in [5, 5.41) is 2.87. The molecule has 2 amide bonds. The molecule has 0 saturated carbocycles. The van der Waals surface area contributed by atoms with Crippen molar-refractivity contribution < 1.29 is 19.1 Å². The van der Waals surface area contributed by atoms with E-state index in [0.717, 1.165) is 22.4 Å². The van der Waals surface area contributed by atoms with E-state index < -0.39 is 6.04 Å². The maximum Gasteiger partial charge on any atom is 0.242 e. The molecule has 2 aromatic carbocycles. The highest BCUT2D eigenvalue weighted by Gasteiger charge is 2.28. The highest BCUT2D eigenvalue weighted by molar-refractivity contribution is 5.87. The first-order chi connectivity index (χ1) is 14.5. The zero-order valence-electron chi connectivity index (χ0n) is 17.9. The summed E-state index contributed by atoms with van der Waals surface area (Å²) in [5.74, 6) is 1.30. The van der Waals surface area contributed by atoms with E-state index in [1.54, 1.807) is 4.90 Å². The molecule has 3 rings (SSSR count). The molecular weight excluding hydrogens is 380 g/mol. The number of hydrogen-bond donors (Lipinski definition) is 1. The molecule has 1 heterocycles. The average molecular weight is 411 g/mol. The van der Waals surface area contributed by atoms with Crippen LogP contribution in [0.4, 0.5) is 0 Å². The molecule has 1 N–H and O–H groups in total. The van der Waals surface area contributed by atoms with Crippen LogP contribution in [0, 0.1) is 6.92 Å². The van der Waals surface area contributed by atoms with Crippen molar-refractivity contribution >= 4 is 11.8 Å². The minimum atomic E-state index is -0.492. The Balaban J connectivity index is 1.76. The number of nitrogens with zero attached hydrogens (tertiary/aromatic N) is 1. The molecule has 1 aliphatic rings. The molecule has 6 nitrogen and oxygen atoms in total. The average Bonchev–Trinajstić information content (AvgIpc) is 3.21. The number of hydrogen-bond acceptors (Lipinski definition) is 4. The molecule has 2 aromatic rings. The lowest BCUT2D eigenvalue weighted by atomic mass is 10.0. The van der Waals surface area contributed by atoms with E-state index in [4.69, 9.17) is 9.47 Å². The van der Waals surface area contributed by atoms with Crippen molar-refractivity contribution in [2.75, 3.05) is 13.3 Å². The van der Waals surface area contributed by atoms with Crippen molar-refractivity contribution in [2.45, 2.75) is 52.6 Å². The van der Waals surface area contributed by atoms with Gasteiger partial charge in [0.15, 0.2) is 11.5 Å². The Hall–Kier alpha value is -3.02. The lowest BCUT2D eigenvalue weighted by Crippen LogP contribution is -2.49. The quantitative estimate of drug-likeness (QED) is 0.686. The van der Waals surface area contributed by atoms with Gasteiger partial charge in [-0.05, 0) is 55.5 Å². The molecule has 6 heteroatoms. The van der Waals surface area contributed by atoms with Gasteiger partial charge >= 0.3 is 0 Å². The Labute approximate surface area is 178 Å². The molecule has 0 radical (unpaired) electrons. The maximum atomic E-state index is 13.3. The van der Waals surface area contributed by atoms with Gasteiger partial charge in [-0.2, -0.15) is 0 Å². The number of rotatable bonds is 9. The second-order valence-corrected chi connectivity index (χ2v) is 7.45. The summed E-state index contributed by atoms with van der Waals surface area (Å²) in [6.07, 6.45) is 1.46. The zero-order chi connectivity index (χ0) is 21.5. The predicted molar refractivity (Wildman–Crippen MR) is 115 cm³/mol. The normalized spacial score (nSPS) is 13.0. The van der Waals surface area contributed by atoms with Crippen LogP contribution in [0.15, 0.2) is 42.5 Å². The number of nitrogens with one attached hydrogen (secondary N) is 1. The molecule has 30 heavy (non-hydrogen) atoms. The van der Waals surface area contributed by atoms with Crippen LogP contribution in [-0.2, 0) is 22.6 Å².